The first-order valence-corrected chi connectivity index (χ1v) is 8.31. The van der Waals surface area contributed by atoms with Crippen LogP contribution in [0, 0.1) is 5.92 Å². The van der Waals surface area contributed by atoms with Crippen LogP contribution in [0.25, 0.3) is 0 Å². The normalized spacial score (nSPS) is 30.8. The Morgan fingerprint density at radius 2 is 2.08 bits per heavy atom. The number of nitrogens with zero attached hydrogens (tertiary/aromatic N) is 2. The number of nitrogens with one attached hydrogen (secondary N) is 1. The third-order valence-corrected chi connectivity index (χ3v) is 5.01. The number of hydrogen-bond acceptors (Lipinski definition) is 5. The molecule has 0 radical (unpaired) electrons. The minimum atomic E-state index is -2.42. The maximum atomic E-state index is 15.7. The van der Waals surface area contributed by atoms with E-state index in [0.29, 0.717) is 38.4 Å². The summed E-state index contributed by atoms with van der Waals surface area (Å²) in [5.74, 6) is -6.60. The Hall–Kier alpha value is -2.06. The summed E-state index contributed by atoms with van der Waals surface area (Å²) in [6.45, 7) is 5.23. The molecule has 1 aliphatic carbocycles. The Labute approximate surface area is 144 Å². The van der Waals surface area contributed by atoms with Crippen molar-refractivity contribution in [3.8, 4) is 0 Å². The zero-order valence-corrected chi connectivity index (χ0v) is 14.2. The van der Waals surface area contributed by atoms with Crippen molar-refractivity contribution >= 4 is 11.8 Å². The van der Waals surface area contributed by atoms with Crippen LogP contribution in [-0.2, 0) is 9.59 Å². The van der Waals surface area contributed by atoms with Gasteiger partial charge in [-0.3, -0.25) is 9.69 Å². The highest BCUT2D eigenvalue weighted by Crippen LogP contribution is 2.45. The predicted octanol–water partition coefficient (Wildman–Crippen LogP) is 1.19. The molecule has 1 saturated heterocycles. The second kappa shape index (κ2) is 6.34. The van der Waals surface area contributed by atoms with Gasteiger partial charge in [0.1, 0.15) is 5.57 Å². The third kappa shape index (κ3) is 2.69. The summed E-state index contributed by atoms with van der Waals surface area (Å²) in [4.78, 5) is 26.8. The molecule has 2 N–H and O–H groups in total. The number of hydrogen-bond donors (Lipinski definition) is 2. The molecule has 2 unspecified atom stereocenters. The van der Waals surface area contributed by atoms with E-state index >= 15 is 4.39 Å². The fourth-order valence-electron chi connectivity index (χ4n) is 3.65. The highest BCUT2D eigenvalue weighted by Gasteiger charge is 2.50. The van der Waals surface area contributed by atoms with E-state index in [4.69, 9.17) is 0 Å². The number of carbonyl (C=O) groups excluding carboxylic acids is 1. The van der Waals surface area contributed by atoms with Crippen molar-refractivity contribution in [3.05, 3.63) is 34.9 Å². The van der Waals surface area contributed by atoms with Crippen LogP contribution in [-0.4, -0.2) is 65.2 Å². The predicted molar refractivity (Wildman–Crippen MR) is 86.8 cm³/mol. The van der Waals surface area contributed by atoms with Gasteiger partial charge in [-0.2, -0.15) is 0 Å². The van der Waals surface area contributed by atoms with Crippen LogP contribution in [0.3, 0.4) is 0 Å². The van der Waals surface area contributed by atoms with Crippen LogP contribution in [0.15, 0.2) is 34.9 Å². The summed E-state index contributed by atoms with van der Waals surface area (Å²) in [6, 6.07) is 0. The lowest BCUT2D eigenvalue weighted by Crippen LogP contribution is -2.56. The molecule has 25 heavy (non-hydrogen) atoms. The number of carboxylic acid groups (broad SMARTS) is 1. The maximum Gasteiger partial charge on any atom is 0.340 e. The van der Waals surface area contributed by atoms with Crippen LogP contribution in [0.5, 0.6) is 0 Å². The van der Waals surface area contributed by atoms with Crippen LogP contribution >= 0.6 is 0 Å². The average molecular weight is 353 g/mol. The fraction of sp³-hybridized carbons (Fsp3) is 0.529. The molecule has 3 aliphatic rings. The topological polar surface area (TPSA) is 72.9 Å². The van der Waals surface area contributed by atoms with Crippen molar-refractivity contribution in [1.29, 1.82) is 0 Å². The molecule has 0 bridgehead atoms. The Balaban J connectivity index is 2.11. The SMILES string of the molecule is CCN1C=C(C(=O)O)C(=O)C2C1=CC(F)(N1CCNCC1)C(F)=C2C. The van der Waals surface area contributed by atoms with E-state index in [0.717, 1.165) is 6.08 Å². The smallest absolute Gasteiger partial charge is 0.340 e. The quantitative estimate of drug-likeness (QED) is 0.587. The summed E-state index contributed by atoms with van der Waals surface area (Å²) < 4.78 is 30.7. The van der Waals surface area contributed by atoms with E-state index in [2.05, 4.69) is 5.32 Å². The molecule has 0 spiro atoms. The monoisotopic (exact) mass is 353 g/mol. The average Bonchev–Trinajstić information content (AvgIpc) is 2.60. The van der Waals surface area contributed by atoms with Gasteiger partial charge in [-0.15, -0.1) is 0 Å². The van der Waals surface area contributed by atoms with Crippen LogP contribution in [0.1, 0.15) is 13.8 Å². The van der Waals surface area contributed by atoms with Gasteiger partial charge in [0.15, 0.2) is 11.6 Å². The molecule has 2 atom stereocenters. The summed E-state index contributed by atoms with van der Waals surface area (Å²) >= 11 is 0. The van der Waals surface area contributed by atoms with E-state index in [9.17, 15) is 19.1 Å². The third-order valence-electron chi connectivity index (χ3n) is 5.01. The zero-order valence-electron chi connectivity index (χ0n) is 14.2. The van der Waals surface area contributed by atoms with Gasteiger partial charge in [0.25, 0.3) is 0 Å². The van der Waals surface area contributed by atoms with Crippen molar-refractivity contribution in [2.24, 2.45) is 5.92 Å². The van der Waals surface area contributed by atoms with Crippen molar-refractivity contribution in [2.75, 3.05) is 32.7 Å². The molecule has 2 aliphatic heterocycles. The van der Waals surface area contributed by atoms with Gasteiger partial charge in [0.05, 0.1) is 5.92 Å². The molecule has 8 heteroatoms. The Morgan fingerprint density at radius 1 is 1.44 bits per heavy atom. The highest BCUT2D eigenvalue weighted by atomic mass is 19.2. The molecule has 0 aromatic rings. The summed E-state index contributed by atoms with van der Waals surface area (Å²) in [7, 11) is 0. The van der Waals surface area contributed by atoms with E-state index in [1.54, 1.807) is 6.92 Å². The number of piperazine rings is 1. The minimum absolute atomic E-state index is 0.0613. The first-order chi connectivity index (χ1) is 11.8. The molecular weight excluding hydrogens is 332 g/mol. The second-order valence-electron chi connectivity index (χ2n) is 6.41. The molecular formula is C17H21F2N3O3. The Kier molecular flexibility index (Phi) is 4.51. The molecule has 2 heterocycles. The molecule has 0 saturated carbocycles. The number of alkyl halides is 1. The second-order valence-corrected chi connectivity index (χ2v) is 6.41. The van der Waals surface area contributed by atoms with Crippen LogP contribution in [0.2, 0.25) is 0 Å². The molecule has 0 amide bonds. The lowest BCUT2D eigenvalue weighted by molar-refractivity contribution is -0.135. The van der Waals surface area contributed by atoms with Gasteiger partial charge < -0.3 is 15.3 Å². The van der Waals surface area contributed by atoms with Crippen molar-refractivity contribution in [1.82, 2.24) is 15.1 Å². The van der Waals surface area contributed by atoms with Gasteiger partial charge in [0, 0.05) is 44.6 Å². The van der Waals surface area contributed by atoms with E-state index in [1.165, 1.54) is 22.9 Å². The number of carbonyl (C=O) groups is 2. The first kappa shape index (κ1) is 17.8. The van der Waals surface area contributed by atoms with Crippen LogP contribution in [0.4, 0.5) is 8.78 Å². The molecule has 0 aromatic carbocycles. The Morgan fingerprint density at radius 3 is 2.64 bits per heavy atom. The maximum absolute atomic E-state index is 15.7. The van der Waals surface area contributed by atoms with Crippen molar-refractivity contribution in [3.63, 3.8) is 0 Å². The van der Waals surface area contributed by atoms with E-state index in [-0.39, 0.29) is 5.57 Å². The number of rotatable bonds is 3. The Bertz CT molecular complexity index is 710. The van der Waals surface area contributed by atoms with E-state index < -0.39 is 34.9 Å². The van der Waals surface area contributed by atoms with Gasteiger partial charge in [-0.05, 0) is 25.5 Å². The summed E-state index contributed by atoms with van der Waals surface area (Å²) in [5, 5.41) is 12.3. The van der Waals surface area contributed by atoms with Crippen molar-refractivity contribution < 1.29 is 23.5 Å². The fourth-order valence-corrected chi connectivity index (χ4v) is 3.65. The van der Waals surface area contributed by atoms with E-state index in [1.807, 2.05) is 0 Å². The van der Waals surface area contributed by atoms with Gasteiger partial charge in [0.2, 0.25) is 5.79 Å². The summed E-state index contributed by atoms with van der Waals surface area (Å²) in [5.41, 5.74) is -0.170. The number of aliphatic carboxylic acids is 1. The highest BCUT2D eigenvalue weighted by molar-refractivity contribution is 6.19. The molecule has 3 rings (SSSR count). The largest absolute Gasteiger partial charge is 0.478 e. The minimum Gasteiger partial charge on any atom is -0.478 e. The molecule has 1 fully saturated rings. The van der Waals surface area contributed by atoms with Crippen molar-refractivity contribution in [2.45, 2.75) is 19.6 Å². The lowest BCUT2D eigenvalue weighted by atomic mass is 9.79. The number of halogens is 2. The van der Waals surface area contributed by atoms with Gasteiger partial charge >= 0.3 is 5.97 Å². The standard InChI is InChI=1S/C17H21F2N3O3/c1-3-21-9-11(16(24)25)14(23)13-10(2)15(18)17(19,8-12(13)21)22-6-4-20-5-7-22/h8-9,13,20H,3-7H2,1-2H3,(H,24,25). The number of ketones is 1. The lowest BCUT2D eigenvalue weighted by Gasteiger charge is -2.44. The van der Waals surface area contributed by atoms with Gasteiger partial charge in [-0.25, -0.2) is 13.6 Å². The van der Waals surface area contributed by atoms with Gasteiger partial charge in [-0.1, -0.05) is 0 Å². The zero-order chi connectivity index (χ0) is 18.4. The molecule has 0 aromatic heterocycles. The number of carboxylic acids is 1. The first-order valence-electron chi connectivity index (χ1n) is 8.31. The number of allylic oxidation sites excluding steroid dienone is 1. The molecule has 136 valence electrons. The molecule has 6 nitrogen and oxygen atoms in total. The number of fused-ring (bicyclic) bond motifs is 1. The van der Waals surface area contributed by atoms with Crippen LogP contribution < -0.4 is 5.32 Å². The summed E-state index contributed by atoms with van der Waals surface area (Å²) in [6.07, 6.45) is 2.35. The number of Topliss-reactive ketones (excluding diaryl/α,β-unsaturated/α-hetero) is 1.